The van der Waals surface area contributed by atoms with Crippen molar-refractivity contribution >= 4 is 5.96 Å². The predicted octanol–water partition coefficient (Wildman–Crippen LogP) is 2.59. The van der Waals surface area contributed by atoms with Crippen LogP contribution in [0.3, 0.4) is 0 Å². The van der Waals surface area contributed by atoms with Crippen molar-refractivity contribution in [1.82, 2.24) is 4.90 Å². The molecule has 0 radical (unpaired) electrons. The highest BCUT2D eigenvalue weighted by Gasteiger charge is 2.07. The van der Waals surface area contributed by atoms with Gasteiger partial charge in [-0.2, -0.15) is 0 Å². The summed E-state index contributed by atoms with van der Waals surface area (Å²) in [5.74, 6) is 0.868. The molecule has 0 aromatic heterocycles. The Hall–Kier alpha value is -2.49. The van der Waals surface area contributed by atoms with Crippen LogP contribution in [0.5, 0.6) is 5.75 Å². The lowest BCUT2D eigenvalue weighted by Gasteiger charge is -2.19. The van der Waals surface area contributed by atoms with Crippen molar-refractivity contribution in [2.75, 3.05) is 7.05 Å². The first-order chi connectivity index (χ1) is 9.66. The highest BCUT2D eigenvalue weighted by Crippen LogP contribution is 2.20. The van der Waals surface area contributed by atoms with Crippen molar-refractivity contribution in [3.63, 3.8) is 0 Å². The van der Waals surface area contributed by atoms with Crippen LogP contribution in [0.15, 0.2) is 54.6 Å². The Kier molecular flexibility index (Phi) is 4.60. The fourth-order valence-corrected chi connectivity index (χ4v) is 1.85. The molecule has 0 amide bonds. The molecule has 0 atom stereocenters. The smallest absolute Gasteiger partial charge is 0.188 e. The predicted molar refractivity (Wildman–Crippen MR) is 80.6 cm³/mol. The van der Waals surface area contributed by atoms with E-state index >= 15 is 0 Å². The van der Waals surface area contributed by atoms with Gasteiger partial charge in [-0.3, -0.25) is 5.41 Å². The highest BCUT2D eigenvalue weighted by atomic mass is 16.5. The Balaban J connectivity index is 2.06. The molecule has 0 aliphatic heterocycles. The second-order valence-electron chi connectivity index (χ2n) is 4.62. The van der Waals surface area contributed by atoms with E-state index in [9.17, 15) is 0 Å². The average Bonchev–Trinajstić information content (AvgIpc) is 2.47. The van der Waals surface area contributed by atoms with Crippen molar-refractivity contribution in [1.29, 1.82) is 5.41 Å². The van der Waals surface area contributed by atoms with Crippen LogP contribution in [-0.2, 0) is 13.2 Å². The van der Waals surface area contributed by atoms with E-state index in [0.717, 1.165) is 16.9 Å². The minimum atomic E-state index is 0.0443. The molecule has 2 aromatic rings. The first-order valence-electron chi connectivity index (χ1n) is 6.46. The maximum Gasteiger partial charge on any atom is 0.188 e. The van der Waals surface area contributed by atoms with Gasteiger partial charge in [0.15, 0.2) is 5.96 Å². The third-order valence-electron chi connectivity index (χ3n) is 3.03. The summed E-state index contributed by atoms with van der Waals surface area (Å²) < 4.78 is 5.87. The van der Waals surface area contributed by atoms with Gasteiger partial charge in [0.2, 0.25) is 0 Å². The van der Waals surface area contributed by atoms with Gasteiger partial charge >= 0.3 is 0 Å². The van der Waals surface area contributed by atoms with Crippen LogP contribution >= 0.6 is 0 Å². The molecule has 0 unspecified atom stereocenters. The van der Waals surface area contributed by atoms with Gasteiger partial charge in [-0.1, -0.05) is 48.5 Å². The molecule has 0 saturated heterocycles. The third-order valence-corrected chi connectivity index (χ3v) is 3.03. The molecule has 0 spiro atoms. The summed E-state index contributed by atoms with van der Waals surface area (Å²) in [6.07, 6.45) is 0. The Morgan fingerprint density at radius 1 is 1.10 bits per heavy atom. The number of hydrogen-bond donors (Lipinski definition) is 2. The van der Waals surface area contributed by atoms with E-state index < -0.39 is 0 Å². The van der Waals surface area contributed by atoms with Gasteiger partial charge in [-0.15, -0.1) is 0 Å². The maximum atomic E-state index is 7.42. The summed E-state index contributed by atoms with van der Waals surface area (Å²) in [6.45, 7) is 1.09. The minimum absolute atomic E-state index is 0.0443. The largest absolute Gasteiger partial charge is 0.489 e. The zero-order chi connectivity index (χ0) is 14.4. The zero-order valence-corrected chi connectivity index (χ0v) is 11.5. The number of guanidine groups is 1. The highest BCUT2D eigenvalue weighted by molar-refractivity contribution is 5.74. The molecular formula is C16H19N3O. The van der Waals surface area contributed by atoms with Crippen molar-refractivity contribution in [2.45, 2.75) is 13.2 Å². The van der Waals surface area contributed by atoms with E-state index in [1.807, 2.05) is 54.6 Å². The zero-order valence-electron chi connectivity index (χ0n) is 11.5. The molecule has 2 aromatic carbocycles. The molecule has 3 N–H and O–H groups in total. The molecule has 0 aliphatic rings. The van der Waals surface area contributed by atoms with E-state index in [4.69, 9.17) is 15.9 Å². The van der Waals surface area contributed by atoms with Crippen LogP contribution in [0.1, 0.15) is 11.1 Å². The second kappa shape index (κ2) is 6.61. The normalized spacial score (nSPS) is 10.1. The van der Waals surface area contributed by atoms with Crippen LogP contribution in [0, 0.1) is 5.41 Å². The quantitative estimate of drug-likeness (QED) is 0.648. The fourth-order valence-electron chi connectivity index (χ4n) is 1.85. The Bertz CT molecular complexity index is 569. The molecule has 0 fully saturated rings. The van der Waals surface area contributed by atoms with Crippen LogP contribution in [0.2, 0.25) is 0 Å². The molecule has 4 heteroatoms. The van der Waals surface area contributed by atoms with Gasteiger partial charge in [-0.25, -0.2) is 0 Å². The lowest BCUT2D eigenvalue weighted by atomic mass is 10.2. The van der Waals surface area contributed by atoms with Gasteiger partial charge < -0.3 is 15.4 Å². The summed E-state index contributed by atoms with van der Waals surface area (Å²) in [5.41, 5.74) is 7.61. The summed E-state index contributed by atoms with van der Waals surface area (Å²) in [4.78, 5) is 1.67. The van der Waals surface area contributed by atoms with Crippen LogP contribution in [0.25, 0.3) is 0 Å². The molecule has 104 valence electrons. The monoisotopic (exact) mass is 269 g/mol. The first kappa shape index (κ1) is 13.9. The standard InChI is InChI=1S/C16H19N3O/c1-19(16(17)18)11-14-9-5-6-10-15(14)20-12-13-7-3-2-4-8-13/h2-10H,11-12H2,1H3,(H3,17,18). The van der Waals surface area contributed by atoms with E-state index in [2.05, 4.69) is 0 Å². The topological polar surface area (TPSA) is 62.3 Å². The number of rotatable bonds is 5. The van der Waals surface area contributed by atoms with Crippen molar-refractivity contribution in [3.8, 4) is 5.75 Å². The average molecular weight is 269 g/mol. The summed E-state index contributed by atoms with van der Waals surface area (Å²) in [6, 6.07) is 17.9. The lowest BCUT2D eigenvalue weighted by Crippen LogP contribution is -2.32. The van der Waals surface area contributed by atoms with Gasteiger partial charge in [0.05, 0.1) is 0 Å². The number of nitrogens with zero attached hydrogens (tertiary/aromatic N) is 1. The number of nitrogens with one attached hydrogen (secondary N) is 1. The lowest BCUT2D eigenvalue weighted by molar-refractivity contribution is 0.299. The molecule has 0 heterocycles. The molecule has 0 bridgehead atoms. The van der Waals surface area contributed by atoms with Gasteiger partial charge in [0.1, 0.15) is 12.4 Å². The molecule has 0 aliphatic carbocycles. The second-order valence-corrected chi connectivity index (χ2v) is 4.62. The number of ether oxygens (including phenoxy) is 1. The minimum Gasteiger partial charge on any atom is -0.489 e. The Morgan fingerprint density at radius 3 is 2.45 bits per heavy atom. The van der Waals surface area contributed by atoms with E-state index in [1.54, 1.807) is 11.9 Å². The van der Waals surface area contributed by atoms with Gasteiger partial charge in [-0.05, 0) is 11.6 Å². The van der Waals surface area contributed by atoms with Crippen molar-refractivity contribution < 1.29 is 4.74 Å². The fraction of sp³-hybridized carbons (Fsp3) is 0.188. The number of para-hydroxylation sites is 1. The number of nitrogens with two attached hydrogens (primary N) is 1. The van der Waals surface area contributed by atoms with Gasteiger partial charge in [0.25, 0.3) is 0 Å². The third kappa shape index (κ3) is 3.75. The summed E-state index contributed by atoms with van der Waals surface area (Å²) in [5, 5.41) is 7.42. The summed E-state index contributed by atoms with van der Waals surface area (Å²) >= 11 is 0. The summed E-state index contributed by atoms with van der Waals surface area (Å²) in [7, 11) is 1.79. The van der Waals surface area contributed by atoms with E-state index in [0.29, 0.717) is 13.2 Å². The Labute approximate surface area is 119 Å². The Morgan fingerprint density at radius 2 is 1.75 bits per heavy atom. The molecule has 0 saturated carbocycles. The molecular weight excluding hydrogens is 250 g/mol. The van der Waals surface area contributed by atoms with Crippen LogP contribution in [0.4, 0.5) is 0 Å². The maximum absolute atomic E-state index is 7.42. The van der Waals surface area contributed by atoms with E-state index in [-0.39, 0.29) is 5.96 Å². The van der Waals surface area contributed by atoms with Crippen LogP contribution < -0.4 is 10.5 Å². The molecule has 2 rings (SSSR count). The first-order valence-corrected chi connectivity index (χ1v) is 6.46. The van der Waals surface area contributed by atoms with Crippen molar-refractivity contribution in [3.05, 3.63) is 65.7 Å². The SMILES string of the molecule is CN(Cc1ccccc1OCc1ccccc1)C(=N)N. The molecule has 4 nitrogen and oxygen atoms in total. The molecule has 20 heavy (non-hydrogen) atoms. The number of hydrogen-bond acceptors (Lipinski definition) is 2. The van der Waals surface area contributed by atoms with E-state index in [1.165, 1.54) is 0 Å². The number of benzene rings is 2. The van der Waals surface area contributed by atoms with Crippen LogP contribution in [-0.4, -0.2) is 17.9 Å². The van der Waals surface area contributed by atoms with Gasteiger partial charge in [0, 0.05) is 19.2 Å². The van der Waals surface area contributed by atoms with Crippen molar-refractivity contribution in [2.24, 2.45) is 5.73 Å².